The van der Waals surface area contributed by atoms with Gasteiger partial charge in [-0.1, -0.05) is 18.2 Å². The lowest BCUT2D eigenvalue weighted by Gasteiger charge is -2.17. The van der Waals surface area contributed by atoms with Gasteiger partial charge in [-0.3, -0.25) is 4.79 Å². The lowest BCUT2D eigenvalue weighted by atomic mass is 10.1. The fourth-order valence-corrected chi connectivity index (χ4v) is 6.39. The second kappa shape index (κ2) is 8.75. The van der Waals surface area contributed by atoms with Crippen LogP contribution in [0, 0.1) is 0 Å². The van der Waals surface area contributed by atoms with Gasteiger partial charge in [0.2, 0.25) is 10.0 Å². The number of carbonyl (C=O) groups is 1. The highest BCUT2D eigenvalue weighted by molar-refractivity contribution is 7.92. The van der Waals surface area contributed by atoms with Crippen molar-refractivity contribution in [2.24, 2.45) is 0 Å². The molecule has 0 spiro atoms. The average Bonchev–Trinajstić information content (AvgIpc) is 3.05. The Hall–Kier alpha value is -2.43. The van der Waals surface area contributed by atoms with Gasteiger partial charge in [-0.2, -0.15) is 0 Å². The molecular formula is C20H24N2O6S2. The zero-order valence-corrected chi connectivity index (χ0v) is 18.3. The fourth-order valence-electron chi connectivity index (χ4n) is 3.34. The summed E-state index contributed by atoms with van der Waals surface area (Å²) in [6, 6.07) is 11.9. The molecule has 1 amide bonds. The molecule has 0 aliphatic carbocycles. The summed E-state index contributed by atoms with van der Waals surface area (Å²) in [5, 5.41) is 2.86. The topological polar surface area (TPSA) is 119 Å². The number of hydrogen-bond acceptors (Lipinski definition) is 6. The first-order valence-electron chi connectivity index (χ1n) is 9.38. The van der Waals surface area contributed by atoms with Gasteiger partial charge in [-0.15, -0.1) is 0 Å². The molecule has 1 saturated heterocycles. The highest BCUT2D eigenvalue weighted by Crippen LogP contribution is 2.24. The Morgan fingerprint density at radius 1 is 1.13 bits per heavy atom. The van der Waals surface area contributed by atoms with Crippen LogP contribution in [0.1, 0.15) is 35.3 Å². The standard InChI is InChI=1S/C20H24N2O6S2/c1-14(18-5-3-4-6-19(18)28-2)21-20(23)15-7-9-17(10-8-15)30(26,27)22-16-11-12-29(24,25)13-16/h3-10,14,16,22H,11-13H2,1-2H3,(H,21,23)/t14-,16-/m1/s1. The van der Waals surface area contributed by atoms with E-state index in [0.717, 1.165) is 5.56 Å². The number of sulfone groups is 1. The molecule has 3 rings (SSSR count). The summed E-state index contributed by atoms with van der Waals surface area (Å²) in [7, 11) is -5.51. The minimum absolute atomic E-state index is 0.0241. The number of methoxy groups -OCH3 is 1. The van der Waals surface area contributed by atoms with E-state index >= 15 is 0 Å². The van der Waals surface area contributed by atoms with Crippen LogP contribution in [0.5, 0.6) is 5.75 Å². The average molecular weight is 453 g/mol. The number of hydrogen-bond donors (Lipinski definition) is 2. The second-order valence-electron chi connectivity index (χ2n) is 7.18. The van der Waals surface area contributed by atoms with Gasteiger partial charge in [0.05, 0.1) is 29.6 Å². The molecule has 1 aliphatic heterocycles. The molecule has 10 heteroatoms. The van der Waals surface area contributed by atoms with Crippen molar-refractivity contribution in [3.8, 4) is 5.75 Å². The Morgan fingerprint density at radius 2 is 1.80 bits per heavy atom. The van der Waals surface area contributed by atoms with E-state index in [1.807, 2.05) is 25.1 Å². The van der Waals surface area contributed by atoms with Gasteiger partial charge in [-0.25, -0.2) is 21.6 Å². The summed E-state index contributed by atoms with van der Waals surface area (Å²) < 4.78 is 55.8. The van der Waals surface area contributed by atoms with Crippen molar-refractivity contribution in [3.05, 3.63) is 59.7 Å². The van der Waals surface area contributed by atoms with Crippen molar-refractivity contribution in [2.45, 2.75) is 30.3 Å². The van der Waals surface area contributed by atoms with Crippen LogP contribution in [-0.4, -0.2) is 47.4 Å². The minimum Gasteiger partial charge on any atom is -0.496 e. The smallest absolute Gasteiger partial charge is 0.251 e. The minimum atomic E-state index is -3.87. The number of ether oxygens (including phenoxy) is 1. The van der Waals surface area contributed by atoms with Crippen LogP contribution < -0.4 is 14.8 Å². The second-order valence-corrected chi connectivity index (χ2v) is 11.1. The first-order valence-corrected chi connectivity index (χ1v) is 12.7. The molecular weight excluding hydrogens is 428 g/mol. The van der Waals surface area contributed by atoms with E-state index in [1.54, 1.807) is 13.2 Å². The molecule has 30 heavy (non-hydrogen) atoms. The third kappa shape index (κ3) is 5.18. The van der Waals surface area contributed by atoms with Crippen LogP contribution in [0.4, 0.5) is 0 Å². The molecule has 8 nitrogen and oxygen atoms in total. The summed E-state index contributed by atoms with van der Waals surface area (Å²) >= 11 is 0. The Bertz CT molecular complexity index is 1130. The van der Waals surface area contributed by atoms with Crippen LogP contribution >= 0.6 is 0 Å². The van der Waals surface area contributed by atoms with Crippen molar-refractivity contribution in [3.63, 3.8) is 0 Å². The van der Waals surface area contributed by atoms with Crippen LogP contribution in [0.3, 0.4) is 0 Å². The Morgan fingerprint density at radius 3 is 2.40 bits per heavy atom. The fraction of sp³-hybridized carbons (Fsp3) is 0.350. The van der Waals surface area contributed by atoms with E-state index in [9.17, 15) is 21.6 Å². The van der Waals surface area contributed by atoms with Gasteiger partial charge in [0.15, 0.2) is 9.84 Å². The molecule has 2 atom stereocenters. The van der Waals surface area contributed by atoms with E-state index < -0.39 is 25.9 Å². The number of benzene rings is 2. The summed E-state index contributed by atoms with van der Waals surface area (Å²) in [5.74, 6) is 0.0796. The van der Waals surface area contributed by atoms with Crippen molar-refractivity contribution < 1.29 is 26.4 Å². The number of rotatable bonds is 7. The largest absolute Gasteiger partial charge is 0.496 e. The van der Waals surface area contributed by atoms with E-state index in [0.29, 0.717) is 11.3 Å². The quantitative estimate of drug-likeness (QED) is 0.659. The number of para-hydroxylation sites is 1. The molecule has 2 aromatic rings. The molecule has 0 unspecified atom stereocenters. The highest BCUT2D eigenvalue weighted by Gasteiger charge is 2.31. The molecule has 0 bridgehead atoms. The van der Waals surface area contributed by atoms with Crippen molar-refractivity contribution in [2.75, 3.05) is 18.6 Å². The van der Waals surface area contributed by atoms with E-state index in [-0.39, 0.29) is 34.8 Å². The number of nitrogens with one attached hydrogen (secondary N) is 2. The highest BCUT2D eigenvalue weighted by atomic mass is 32.2. The van der Waals surface area contributed by atoms with Crippen LogP contribution in [0.2, 0.25) is 0 Å². The summed E-state index contributed by atoms with van der Waals surface area (Å²) in [6.45, 7) is 1.83. The van der Waals surface area contributed by atoms with Crippen LogP contribution in [0.15, 0.2) is 53.4 Å². The summed E-state index contributed by atoms with van der Waals surface area (Å²) in [5.41, 5.74) is 1.13. The number of sulfonamides is 1. The molecule has 162 valence electrons. The maximum atomic E-state index is 12.6. The molecule has 2 aromatic carbocycles. The first kappa shape index (κ1) is 22.3. The van der Waals surface area contributed by atoms with Gasteiger partial charge < -0.3 is 10.1 Å². The molecule has 1 fully saturated rings. The maximum absolute atomic E-state index is 12.6. The normalized spacial score (nSPS) is 19.2. The first-order chi connectivity index (χ1) is 14.1. The van der Waals surface area contributed by atoms with Gasteiger partial charge in [0.1, 0.15) is 5.75 Å². The Labute approximate surface area is 176 Å². The SMILES string of the molecule is COc1ccccc1[C@@H](C)NC(=O)c1ccc(S(=O)(=O)N[C@@H]2CCS(=O)(=O)C2)cc1. The lowest BCUT2D eigenvalue weighted by molar-refractivity contribution is 0.0939. The maximum Gasteiger partial charge on any atom is 0.251 e. The van der Waals surface area contributed by atoms with E-state index in [1.165, 1.54) is 24.3 Å². The Kier molecular flexibility index (Phi) is 6.49. The molecule has 1 aliphatic rings. The monoisotopic (exact) mass is 452 g/mol. The predicted octanol–water partition coefficient (Wildman–Crippen LogP) is 1.65. The molecule has 0 radical (unpaired) electrons. The van der Waals surface area contributed by atoms with Gasteiger partial charge in [0.25, 0.3) is 5.91 Å². The third-order valence-electron chi connectivity index (χ3n) is 4.93. The zero-order valence-electron chi connectivity index (χ0n) is 16.7. The van der Waals surface area contributed by atoms with Gasteiger partial charge in [0, 0.05) is 17.2 Å². The van der Waals surface area contributed by atoms with Crippen molar-refractivity contribution in [1.82, 2.24) is 10.0 Å². The molecule has 0 saturated carbocycles. The lowest BCUT2D eigenvalue weighted by Crippen LogP contribution is -2.35. The summed E-state index contributed by atoms with van der Waals surface area (Å²) in [6.07, 6.45) is 0.253. The van der Waals surface area contributed by atoms with E-state index in [4.69, 9.17) is 4.74 Å². The van der Waals surface area contributed by atoms with E-state index in [2.05, 4.69) is 10.0 Å². The van der Waals surface area contributed by atoms with Crippen LogP contribution in [0.25, 0.3) is 0 Å². The third-order valence-corrected chi connectivity index (χ3v) is 8.24. The van der Waals surface area contributed by atoms with Gasteiger partial charge >= 0.3 is 0 Å². The Balaban J connectivity index is 1.68. The molecule has 2 N–H and O–H groups in total. The predicted molar refractivity (Wildman–Crippen MR) is 113 cm³/mol. The van der Waals surface area contributed by atoms with Crippen molar-refractivity contribution >= 4 is 25.8 Å². The van der Waals surface area contributed by atoms with Crippen molar-refractivity contribution in [1.29, 1.82) is 0 Å². The van der Waals surface area contributed by atoms with Gasteiger partial charge in [-0.05, 0) is 43.7 Å². The molecule has 1 heterocycles. The molecule has 0 aromatic heterocycles. The number of amides is 1. The zero-order chi connectivity index (χ0) is 21.9. The number of carbonyl (C=O) groups excluding carboxylic acids is 1. The van der Waals surface area contributed by atoms with Crippen LogP contribution in [-0.2, 0) is 19.9 Å². The summed E-state index contributed by atoms with van der Waals surface area (Å²) in [4.78, 5) is 12.5.